The van der Waals surface area contributed by atoms with Crippen LogP contribution in [0, 0.1) is 12.3 Å². The summed E-state index contributed by atoms with van der Waals surface area (Å²) < 4.78 is 0. The summed E-state index contributed by atoms with van der Waals surface area (Å²) in [4.78, 5) is 2.19. The Morgan fingerprint density at radius 2 is 2.15 bits per heavy atom. The van der Waals surface area contributed by atoms with Gasteiger partial charge in [-0.25, -0.2) is 0 Å². The smallest absolute Gasteiger partial charge is 0.0241 e. The van der Waals surface area contributed by atoms with E-state index in [1.165, 1.54) is 6.42 Å². The lowest BCUT2D eigenvalue weighted by Crippen LogP contribution is -2.32. The minimum absolute atomic E-state index is 0.493. The molecule has 0 bridgehead atoms. The van der Waals surface area contributed by atoms with Crippen molar-refractivity contribution in [2.75, 3.05) is 27.2 Å². The second-order valence-electron chi connectivity index (χ2n) is 3.65. The minimum Gasteiger partial charge on any atom is -0.313 e. The zero-order chi connectivity index (χ0) is 10.1. The molecule has 1 atom stereocenters. The van der Waals surface area contributed by atoms with Crippen molar-refractivity contribution < 1.29 is 0 Å². The van der Waals surface area contributed by atoms with Crippen LogP contribution in [0.2, 0.25) is 0 Å². The van der Waals surface area contributed by atoms with Crippen molar-refractivity contribution in [3.8, 4) is 12.3 Å². The van der Waals surface area contributed by atoms with Gasteiger partial charge >= 0.3 is 0 Å². The average molecular weight is 182 g/mol. The van der Waals surface area contributed by atoms with Gasteiger partial charge < -0.3 is 10.2 Å². The van der Waals surface area contributed by atoms with Gasteiger partial charge in [0.15, 0.2) is 0 Å². The van der Waals surface area contributed by atoms with E-state index >= 15 is 0 Å². The summed E-state index contributed by atoms with van der Waals surface area (Å²) in [6.07, 6.45) is 8.45. The highest BCUT2D eigenvalue weighted by Gasteiger charge is 2.05. The van der Waals surface area contributed by atoms with E-state index in [-0.39, 0.29) is 0 Å². The summed E-state index contributed by atoms with van der Waals surface area (Å²) in [7, 11) is 4.18. The predicted octanol–water partition coefficient (Wildman–Crippen LogP) is 1.33. The summed E-state index contributed by atoms with van der Waals surface area (Å²) in [6, 6.07) is 0.493. The molecular weight excluding hydrogens is 160 g/mol. The molecule has 76 valence electrons. The fraction of sp³-hybridized carbons (Fsp3) is 0.818. The fourth-order valence-electron chi connectivity index (χ4n) is 1.18. The molecule has 0 saturated carbocycles. The lowest BCUT2D eigenvalue weighted by Gasteiger charge is -2.18. The number of hydrogen-bond donors (Lipinski definition) is 1. The fourth-order valence-corrected chi connectivity index (χ4v) is 1.18. The summed E-state index contributed by atoms with van der Waals surface area (Å²) in [6.45, 7) is 4.34. The van der Waals surface area contributed by atoms with E-state index in [4.69, 9.17) is 6.42 Å². The summed E-state index contributed by atoms with van der Waals surface area (Å²) in [5.41, 5.74) is 0. The van der Waals surface area contributed by atoms with Crippen LogP contribution < -0.4 is 5.32 Å². The molecular formula is C11H22N2. The third-order valence-corrected chi connectivity index (χ3v) is 1.97. The number of rotatable bonds is 7. The summed E-state index contributed by atoms with van der Waals surface area (Å²) >= 11 is 0. The van der Waals surface area contributed by atoms with Crippen molar-refractivity contribution in [3.63, 3.8) is 0 Å². The maximum atomic E-state index is 5.30. The van der Waals surface area contributed by atoms with Gasteiger partial charge in [0, 0.05) is 12.5 Å². The minimum atomic E-state index is 0.493. The van der Waals surface area contributed by atoms with Gasteiger partial charge in [-0.1, -0.05) is 6.92 Å². The van der Waals surface area contributed by atoms with E-state index in [2.05, 4.69) is 37.2 Å². The maximum Gasteiger partial charge on any atom is 0.0241 e. The summed E-state index contributed by atoms with van der Waals surface area (Å²) in [5.74, 6) is 2.72. The van der Waals surface area contributed by atoms with Crippen LogP contribution in [-0.2, 0) is 0 Å². The Morgan fingerprint density at radius 1 is 1.46 bits per heavy atom. The monoisotopic (exact) mass is 182 g/mol. The lowest BCUT2D eigenvalue weighted by atomic mass is 10.1. The standard InChI is InChI=1S/C11H22N2/c1-5-7-11(12-9-6-2)8-10-13(3)4/h1,11-12H,6-10H2,2-4H3. The molecule has 0 saturated heterocycles. The Bertz CT molecular complexity index is 147. The molecule has 0 heterocycles. The van der Waals surface area contributed by atoms with Crippen LogP contribution in [0.4, 0.5) is 0 Å². The Kier molecular flexibility index (Phi) is 7.77. The molecule has 0 rings (SSSR count). The highest BCUT2D eigenvalue weighted by atomic mass is 15.1. The van der Waals surface area contributed by atoms with Crippen LogP contribution >= 0.6 is 0 Å². The molecule has 0 aliphatic carbocycles. The summed E-state index contributed by atoms with van der Waals surface area (Å²) in [5, 5.41) is 3.46. The first-order valence-electron chi connectivity index (χ1n) is 5.02. The van der Waals surface area contributed by atoms with Crippen molar-refractivity contribution >= 4 is 0 Å². The lowest BCUT2D eigenvalue weighted by molar-refractivity contribution is 0.359. The number of nitrogens with one attached hydrogen (secondary N) is 1. The van der Waals surface area contributed by atoms with Gasteiger partial charge in [0.05, 0.1) is 0 Å². The molecule has 0 radical (unpaired) electrons. The van der Waals surface area contributed by atoms with Crippen LogP contribution in [0.25, 0.3) is 0 Å². The van der Waals surface area contributed by atoms with Crippen molar-refractivity contribution in [2.45, 2.75) is 32.2 Å². The zero-order valence-electron chi connectivity index (χ0n) is 9.14. The van der Waals surface area contributed by atoms with Crippen LogP contribution in [0.1, 0.15) is 26.2 Å². The zero-order valence-corrected chi connectivity index (χ0v) is 9.14. The number of terminal acetylenes is 1. The van der Waals surface area contributed by atoms with Crippen molar-refractivity contribution in [2.24, 2.45) is 0 Å². The first kappa shape index (κ1) is 12.5. The third kappa shape index (κ3) is 7.83. The molecule has 0 spiro atoms. The van der Waals surface area contributed by atoms with Crippen LogP contribution in [0.3, 0.4) is 0 Å². The van der Waals surface area contributed by atoms with E-state index in [1.54, 1.807) is 0 Å². The van der Waals surface area contributed by atoms with E-state index in [0.29, 0.717) is 6.04 Å². The molecule has 0 amide bonds. The Balaban J connectivity index is 3.61. The molecule has 2 heteroatoms. The second-order valence-corrected chi connectivity index (χ2v) is 3.65. The Morgan fingerprint density at radius 3 is 2.62 bits per heavy atom. The molecule has 0 fully saturated rings. The Hall–Kier alpha value is -0.520. The van der Waals surface area contributed by atoms with Gasteiger partial charge in [-0.15, -0.1) is 12.3 Å². The average Bonchev–Trinajstić information content (AvgIpc) is 2.09. The molecule has 1 N–H and O–H groups in total. The number of hydrogen-bond acceptors (Lipinski definition) is 2. The Labute approximate surface area is 82.7 Å². The molecule has 1 unspecified atom stereocenters. The van der Waals surface area contributed by atoms with Gasteiger partial charge in [-0.05, 0) is 40.0 Å². The van der Waals surface area contributed by atoms with Crippen LogP contribution in [0.15, 0.2) is 0 Å². The number of nitrogens with zero attached hydrogens (tertiary/aromatic N) is 1. The molecule has 13 heavy (non-hydrogen) atoms. The largest absolute Gasteiger partial charge is 0.313 e. The topological polar surface area (TPSA) is 15.3 Å². The van der Waals surface area contributed by atoms with E-state index < -0.39 is 0 Å². The second kappa shape index (κ2) is 8.10. The van der Waals surface area contributed by atoms with Crippen molar-refractivity contribution in [3.05, 3.63) is 0 Å². The highest BCUT2D eigenvalue weighted by molar-refractivity contribution is 4.89. The van der Waals surface area contributed by atoms with E-state index in [1.807, 2.05) is 0 Å². The van der Waals surface area contributed by atoms with Crippen LogP contribution in [0.5, 0.6) is 0 Å². The highest BCUT2D eigenvalue weighted by Crippen LogP contribution is 1.98. The normalized spacial score (nSPS) is 12.8. The first-order chi connectivity index (χ1) is 6.20. The maximum absolute atomic E-state index is 5.30. The molecule has 0 aromatic carbocycles. The molecule has 0 aromatic rings. The van der Waals surface area contributed by atoms with E-state index in [0.717, 1.165) is 25.9 Å². The van der Waals surface area contributed by atoms with Gasteiger partial charge in [-0.3, -0.25) is 0 Å². The van der Waals surface area contributed by atoms with Gasteiger partial charge in [0.2, 0.25) is 0 Å². The predicted molar refractivity (Wildman–Crippen MR) is 58.7 cm³/mol. The van der Waals surface area contributed by atoms with Crippen molar-refractivity contribution in [1.29, 1.82) is 0 Å². The first-order valence-corrected chi connectivity index (χ1v) is 5.02. The van der Waals surface area contributed by atoms with Gasteiger partial charge in [0.25, 0.3) is 0 Å². The van der Waals surface area contributed by atoms with Crippen molar-refractivity contribution in [1.82, 2.24) is 10.2 Å². The molecule has 2 nitrogen and oxygen atoms in total. The van der Waals surface area contributed by atoms with E-state index in [9.17, 15) is 0 Å². The quantitative estimate of drug-likeness (QED) is 0.598. The molecule has 0 aliphatic heterocycles. The third-order valence-electron chi connectivity index (χ3n) is 1.97. The molecule has 0 aromatic heterocycles. The van der Waals surface area contributed by atoms with Gasteiger partial charge in [-0.2, -0.15) is 0 Å². The molecule has 0 aliphatic rings. The SMILES string of the molecule is C#CCC(CCN(C)C)NCCC. The van der Waals surface area contributed by atoms with Gasteiger partial charge in [0.1, 0.15) is 0 Å². The van der Waals surface area contributed by atoms with Crippen LogP contribution in [-0.4, -0.2) is 38.1 Å².